The van der Waals surface area contributed by atoms with Crippen molar-refractivity contribution in [1.29, 1.82) is 0 Å². The van der Waals surface area contributed by atoms with Crippen LogP contribution < -0.4 is 0 Å². The second-order valence-corrected chi connectivity index (χ2v) is 3.21. The van der Waals surface area contributed by atoms with Crippen LogP contribution in [0, 0.1) is 0 Å². The maximum Gasteiger partial charge on any atom is 0.145 e. The molecule has 0 aliphatic carbocycles. The SMILES string of the molecule is C=C(C=O)CC.C=C(C=O)CC.CCCC=O.CO. The van der Waals surface area contributed by atoms with Gasteiger partial charge in [-0.1, -0.05) is 33.9 Å². The third kappa shape index (κ3) is 48.1. The lowest BCUT2D eigenvalue weighted by atomic mass is 10.3. The van der Waals surface area contributed by atoms with Crippen LogP contribution in [0.3, 0.4) is 0 Å². The van der Waals surface area contributed by atoms with Gasteiger partial charge in [0.05, 0.1) is 0 Å². The minimum Gasteiger partial charge on any atom is -0.400 e. The molecular weight excluding hydrogens is 244 g/mol. The predicted molar refractivity (Wildman–Crippen MR) is 80.1 cm³/mol. The van der Waals surface area contributed by atoms with Crippen molar-refractivity contribution >= 4 is 18.9 Å². The van der Waals surface area contributed by atoms with Gasteiger partial charge in [0.25, 0.3) is 0 Å². The van der Waals surface area contributed by atoms with E-state index in [1.165, 1.54) is 0 Å². The molecule has 112 valence electrons. The maximum absolute atomic E-state index is 9.64. The van der Waals surface area contributed by atoms with E-state index < -0.39 is 0 Å². The molecule has 0 saturated carbocycles. The van der Waals surface area contributed by atoms with Gasteiger partial charge in [-0.15, -0.1) is 0 Å². The molecule has 4 heteroatoms. The summed E-state index contributed by atoms with van der Waals surface area (Å²) in [5.74, 6) is 0. The lowest BCUT2D eigenvalue weighted by molar-refractivity contribution is -0.108. The average Bonchev–Trinajstić information content (AvgIpc) is 2.49. The number of allylic oxidation sites excluding steroid dienone is 2. The smallest absolute Gasteiger partial charge is 0.145 e. The van der Waals surface area contributed by atoms with Gasteiger partial charge >= 0.3 is 0 Å². The Hall–Kier alpha value is -1.55. The topological polar surface area (TPSA) is 71.4 Å². The fourth-order valence-electron chi connectivity index (χ4n) is 0.285. The predicted octanol–water partition coefficient (Wildman–Crippen LogP) is 2.90. The van der Waals surface area contributed by atoms with Crippen molar-refractivity contribution in [3.8, 4) is 0 Å². The summed E-state index contributed by atoms with van der Waals surface area (Å²) in [6.45, 7) is 12.6. The first-order valence-corrected chi connectivity index (χ1v) is 6.18. The molecule has 19 heavy (non-hydrogen) atoms. The van der Waals surface area contributed by atoms with E-state index in [2.05, 4.69) is 13.2 Å². The molecule has 4 nitrogen and oxygen atoms in total. The molecule has 0 heterocycles. The van der Waals surface area contributed by atoms with Crippen LogP contribution in [0.15, 0.2) is 24.3 Å². The Bertz CT molecular complexity index is 212. The Labute approximate surface area is 117 Å². The largest absolute Gasteiger partial charge is 0.400 e. The van der Waals surface area contributed by atoms with Gasteiger partial charge < -0.3 is 9.90 Å². The highest BCUT2D eigenvalue weighted by atomic mass is 16.2. The molecule has 0 aromatic rings. The molecule has 1 N–H and O–H groups in total. The van der Waals surface area contributed by atoms with E-state index in [0.29, 0.717) is 17.6 Å². The summed E-state index contributed by atoms with van der Waals surface area (Å²) in [5.41, 5.74) is 1.32. The lowest BCUT2D eigenvalue weighted by Gasteiger charge is -1.79. The van der Waals surface area contributed by atoms with Crippen LogP contribution in [0.25, 0.3) is 0 Å². The van der Waals surface area contributed by atoms with Gasteiger partial charge in [-0.25, -0.2) is 0 Å². The quantitative estimate of drug-likeness (QED) is 0.596. The van der Waals surface area contributed by atoms with Crippen LogP contribution in [-0.4, -0.2) is 31.1 Å². The fourth-order valence-corrected chi connectivity index (χ4v) is 0.285. The van der Waals surface area contributed by atoms with Crippen molar-refractivity contribution in [1.82, 2.24) is 0 Å². The molecule has 0 amide bonds. The highest BCUT2D eigenvalue weighted by molar-refractivity contribution is 5.71. The average molecular weight is 272 g/mol. The highest BCUT2D eigenvalue weighted by Gasteiger charge is 1.78. The van der Waals surface area contributed by atoms with Gasteiger partial charge in [-0.3, -0.25) is 9.59 Å². The molecule has 0 unspecified atom stereocenters. The van der Waals surface area contributed by atoms with E-state index in [4.69, 9.17) is 5.11 Å². The van der Waals surface area contributed by atoms with Gasteiger partial charge in [0.1, 0.15) is 18.9 Å². The van der Waals surface area contributed by atoms with Crippen molar-refractivity contribution in [2.75, 3.05) is 7.11 Å². The van der Waals surface area contributed by atoms with Gasteiger partial charge in [-0.2, -0.15) is 0 Å². The van der Waals surface area contributed by atoms with Gasteiger partial charge in [0.15, 0.2) is 0 Å². The number of hydrogen-bond donors (Lipinski definition) is 1. The standard InChI is InChI=1S/2C5H8O.C4H8O.CH4O/c2*1-3-5(2)4-6;1-2-3-4-5;1-2/h2*4H,2-3H2,1H3;4H,2-3H2,1H3;2H,1H3. The normalized spacial score (nSPS) is 7.00. The van der Waals surface area contributed by atoms with E-state index >= 15 is 0 Å². The van der Waals surface area contributed by atoms with E-state index in [9.17, 15) is 14.4 Å². The van der Waals surface area contributed by atoms with Gasteiger partial charge in [0, 0.05) is 13.5 Å². The van der Waals surface area contributed by atoms with E-state index in [0.717, 1.165) is 45.2 Å². The Morgan fingerprint density at radius 3 is 1.21 bits per heavy atom. The summed E-state index contributed by atoms with van der Waals surface area (Å²) in [7, 11) is 1.00. The number of unbranched alkanes of at least 4 members (excludes halogenated alkanes) is 1. The number of aliphatic hydroxyl groups excluding tert-OH is 1. The van der Waals surface area contributed by atoms with Crippen molar-refractivity contribution in [3.63, 3.8) is 0 Å². The molecule has 0 bridgehead atoms. The Balaban J connectivity index is -0.0000000835. The molecule has 0 saturated heterocycles. The van der Waals surface area contributed by atoms with Crippen LogP contribution in [-0.2, 0) is 14.4 Å². The van der Waals surface area contributed by atoms with E-state index in [1.807, 2.05) is 20.8 Å². The third-order valence-corrected chi connectivity index (χ3v) is 1.65. The summed E-state index contributed by atoms with van der Waals surface area (Å²) in [6.07, 6.45) is 5.70. The first-order valence-electron chi connectivity index (χ1n) is 6.18. The summed E-state index contributed by atoms with van der Waals surface area (Å²) < 4.78 is 0. The molecule has 0 spiro atoms. The first kappa shape index (κ1) is 26.1. The van der Waals surface area contributed by atoms with Crippen molar-refractivity contribution in [2.45, 2.75) is 46.5 Å². The molecule has 0 rings (SSSR count). The van der Waals surface area contributed by atoms with Crippen LogP contribution in [0.1, 0.15) is 46.5 Å². The molecule has 0 fully saturated rings. The van der Waals surface area contributed by atoms with E-state index in [-0.39, 0.29) is 0 Å². The first-order chi connectivity index (χ1) is 9.03. The summed E-state index contributed by atoms with van der Waals surface area (Å²) in [6, 6.07) is 0. The summed E-state index contributed by atoms with van der Waals surface area (Å²) >= 11 is 0. The van der Waals surface area contributed by atoms with Gasteiger partial charge in [-0.05, 0) is 30.4 Å². The second-order valence-electron chi connectivity index (χ2n) is 3.21. The Morgan fingerprint density at radius 1 is 0.895 bits per heavy atom. The van der Waals surface area contributed by atoms with Crippen LogP contribution in [0.2, 0.25) is 0 Å². The van der Waals surface area contributed by atoms with Crippen molar-refractivity contribution in [2.24, 2.45) is 0 Å². The number of aliphatic hydroxyl groups is 1. The molecule has 0 aromatic carbocycles. The zero-order valence-electron chi connectivity index (χ0n) is 12.6. The number of hydrogen-bond acceptors (Lipinski definition) is 4. The van der Waals surface area contributed by atoms with Crippen molar-refractivity contribution < 1.29 is 19.5 Å². The maximum atomic E-state index is 9.64. The minimum absolute atomic E-state index is 0.662. The van der Waals surface area contributed by atoms with Gasteiger partial charge in [0.2, 0.25) is 0 Å². The monoisotopic (exact) mass is 272 g/mol. The van der Waals surface area contributed by atoms with Crippen LogP contribution in [0.4, 0.5) is 0 Å². The number of carbonyl (C=O) groups is 3. The lowest BCUT2D eigenvalue weighted by Crippen LogP contribution is -1.73. The molecule has 0 aromatic heterocycles. The second kappa shape index (κ2) is 30.0. The Kier molecular flexibility index (Phi) is 41.1. The minimum atomic E-state index is 0.662. The summed E-state index contributed by atoms with van der Waals surface area (Å²) in [5, 5.41) is 7.00. The number of carbonyl (C=O) groups excluding carboxylic acids is 3. The number of rotatable bonds is 6. The molecule has 0 radical (unpaired) electrons. The molecule has 0 atom stereocenters. The number of aldehydes is 3. The molecule has 0 aliphatic heterocycles. The van der Waals surface area contributed by atoms with Crippen LogP contribution in [0.5, 0.6) is 0 Å². The zero-order valence-corrected chi connectivity index (χ0v) is 12.6. The van der Waals surface area contributed by atoms with E-state index in [1.54, 1.807) is 0 Å². The van der Waals surface area contributed by atoms with Crippen molar-refractivity contribution in [3.05, 3.63) is 24.3 Å². The zero-order chi connectivity index (χ0) is 16.1. The fraction of sp³-hybridized carbons (Fsp3) is 0.533. The van der Waals surface area contributed by atoms with Crippen LogP contribution >= 0.6 is 0 Å². The summed E-state index contributed by atoms with van der Waals surface area (Å²) in [4.78, 5) is 28.7. The molecule has 0 aliphatic rings. The Morgan fingerprint density at radius 2 is 1.21 bits per heavy atom. The molecular formula is C15H28O4. The highest BCUT2D eigenvalue weighted by Crippen LogP contribution is 1.87. The third-order valence-electron chi connectivity index (χ3n) is 1.65.